The van der Waals surface area contributed by atoms with Crippen LogP contribution in [-0.2, 0) is 0 Å². The zero-order chi connectivity index (χ0) is 12.5. The number of rotatable bonds is 3. The summed E-state index contributed by atoms with van der Waals surface area (Å²) in [5.41, 5.74) is 7.70. The first-order chi connectivity index (χ1) is 8.75. The number of nitrogens with two attached hydrogens (primary N) is 1. The van der Waals surface area contributed by atoms with Gasteiger partial charge in [-0.1, -0.05) is 0 Å². The van der Waals surface area contributed by atoms with Crippen LogP contribution in [0.5, 0.6) is 5.88 Å². The van der Waals surface area contributed by atoms with Crippen molar-refractivity contribution in [1.82, 2.24) is 30.1 Å². The second-order valence-electron chi connectivity index (χ2n) is 3.78. The molecule has 0 aliphatic rings. The van der Waals surface area contributed by atoms with Crippen LogP contribution in [0, 0.1) is 0 Å². The van der Waals surface area contributed by atoms with Gasteiger partial charge in [0, 0.05) is 0 Å². The molecule has 0 saturated carbocycles. The smallest absolute Gasteiger partial charge is 0.260 e. The molecular weight excluding hydrogens is 234 g/mol. The molecule has 8 heteroatoms. The minimum Gasteiger partial charge on any atom is -0.466 e. The molecule has 0 bridgehead atoms. The molecule has 4 N–H and O–H groups in total. The molecule has 0 aromatic carbocycles. The third kappa shape index (κ3) is 1.63. The van der Waals surface area contributed by atoms with Crippen LogP contribution in [0.15, 0.2) is 18.9 Å². The average molecular weight is 245 g/mol. The van der Waals surface area contributed by atoms with Gasteiger partial charge < -0.3 is 20.4 Å². The van der Waals surface area contributed by atoms with Crippen molar-refractivity contribution < 1.29 is 4.74 Å². The Labute approximate surface area is 102 Å². The maximum atomic E-state index is 5.71. The topological polar surface area (TPSA) is 118 Å². The molecule has 1 unspecified atom stereocenters. The van der Waals surface area contributed by atoms with Crippen LogP contribution >= 0.6 is 0 Å². The first-order valence-electron chi connectivity index (χ1n) is 5.36. The van der Waals surface area contributed by atoms with Crippen LogP contribution in [0.2, 0.25) is 0 Å². The van der Waals surface area contributed by atoms with E-state index < -0.39 is 0 Å². The number of nitrogens with zero attached hydrogens (tertiary/aromatic N) is 4. The maximum absolute atomic E-state index is 5.71. The van der Waals surface area contributed by atoms with Crippen LogP contribution in [0.4, 0.5) is 5.82 Å². The van der Waals surface area contributed by atoms with Crippen LogP contribution in [-0.4, -0.2) is 30.1 Å². The molecular formula is C10H11N7O. The van der Waals surface area contributed by atoms with Gasteiger partial charge in [0.25, 0.3) is 5.88 Å². The lowest BCUT2D eigenvalue weighted by molar-refractivity contribution is 0.214. The second kappa shape index (κ2) is 3.99. The number of aromatic amines is 2. The summed E-state index contributed by atoms with van der Waals surface area (Å²) in [5, 5.41) is 7.73. The van der Waals surface area contributed by atoms with E-state index in [2.05, 4.69) is 30.1 Å². The van der Waals surface area contributed by atoms with E-state index >= 15 is 0 Å². The number of nitrogens with one attached hydrogen (secondary N) is 2. The Morgan fingerprint density at radius 2 is 2.17 bits per heavy atom. The molecule has 0 aliphatic carbocycles. The van der Waals surface area contributed by atoms with Gasteiger partial charge in [-0.3, -0.25) is 0 Å². The van der Waals surface area contributed by atoms with E-state index in [0.717, 1.165) is 5.69 Å². The number of aromatic nitrogens is 6. The summed E-state index contributed by atoms with van der Waals surface area (Å²) in [6.45, 7) is 1.88. The number of anilines is 1. The zero-order valence-corrected chi connectivity index (χ0v) is 9.58. The highest BCUT2D eigenvalue weighted by Crippen LogP contribution is 2.26. The summed E-state index contributed by atoms with van der Waals surface area (Å²) in [7, 11) is 0. The molecule has 3 aromatic heterocycles. The van der Waals surface area contributed by atoms with Gasteiger partial charge in [-0.05, 0) is 6.92 Å². The van der Waals surface area contributed by atoms with E-state index in [1.54, 1.807) is 12.5 Å². The van der Waals surface area contributed by atoms with Gasteiger partial charge in [-0.25, -0.2) is 9.97 Å². The Kier molecular flexibility index (Phi) is 2.33. The largest absolute Gasteiger partial charge is 0.466 e. The summed E-state index contributed by atoms with van der Waals surface area (Å²) in [4.78, 5) is 13.9. The lowest BCUT2D eigenvalue weighted by atomic mass is 10.3. The summed E-state index contributed by atoms with van der Waals surface area (Å²) < 4.78 is 5.71. The molecule has 0 spiro atoms. The molecule has 3 heterocycles. The van der Waals surface area contributed by atoms with Gasteiger partial charge in [0.1, 0.15) is 17.1 Å². The molecule has 0 fully saturated rings. The number of hydrogen-bond donors (Lipinski definition) is 3. The standard InChI is InChI=1S/C10H11N7O/c1-5(6-2-12-3-13-6)18-10-8-7(14-4-15-8)9(11)16-17-10/h2-5H,1H3,(H2,11,16)(H,12,13)(H,14,15). The Morgan fingerprint density at radius 1 is 1.28 bits per heavy atom. The maximum Gasteiger partial charge on any atom is 0.260 e. The quantitative estimate of drug-likeness (QED) is 0.628. The predicted octanol–water partition coefficient (Wildman–Crippen LogP) is 0.798. The summed E-state index contributed by atoms with van der Waals surface area (Å²) in [6, 6.07) is 0. The molecule has 1 atom stereocenters. The monoisotopic (exact) mass is 245 g/mol. The Hall–Kier alpha value is -2.64. The van der Waals surface area contributed by atoms with E-state index in [1.807, 2.05) is 6.92 Å². The summed E-state index contributed by atoms with van der Waals surface area (Å²) in [6.07, 6.45) is 4.59. The van der Waals surface area contributed by atoms with Gasteiger partial charge in [0.2, 0.25) is 0 Å². The van der Waals surface area contributed by atoms with Crippen molar-refractivity contribution in [2.45, 2.75) is 13.0 Å². The van der Waals surface area contributed by atoms with Crippen LogP contribution in [0.3, 0.4) is 0 Å². The number of imidazole rings is 2. The van der Waals surface area contributed by atoms with Crippen molar-refractivity contribution in [3.63, 3.8) is 0 Å². The van der Waals surface area contributed by atoms with Gasteiger partial charge in [0.05, 0.1) is 24.5 Å². The van der Waals surface area contributed by atoms with Crippen molar-refractivity contribution in [3.8, 4) is 5.88 Å². The van der Waals surface area contributed by atoms with Crippen molar-refractivity contribution >= 4 is 16.9 Å². The first-order valence-corrected chi connectivity index (χ1v) is 5.36. The third-order valence-electron chi connectivity index (χ3n) is 2.59. The minimum atomic E-state index is -0.225. The number of nitrogen functional groups attached to an aromatic ring is 1. The molecule has 8 nitrogen and oxygen atoms in total. The highest BCUT2D eigenvalue weighted by molar-refractivity contribution is 5.87. The van der Waals surface area contributed by atoms with E-state index in [-0.39, 0.29) is 11.9 Å². The van der Waals surface area contributed by atoms with Crippen LogP contribution in [0.1, 0.15) is 18.7 Å². The molecule has 0 amide bonds. The zero-order valence-electron chi connectivity index (χ0n) is 9.58. The number of hydrogen-bond acceptors (Lipinski definition) is 6. The van der Waals surface area contributed by atoms with Crippen molar-refractivity contribution in [3.05, 3.63) is 24.5 Å². The van der Waals surface area contributed by atoms with Gasteiger partial charge in [-0.15, -0.1) is 10.2 Å². The van der Waals surface area contributed by atoms with Crippen molar-refractivity contribution in [2.24, 2.45) is 0 Å². The molecule has 0 aliphatic heterocycles. The fourth-order valence-electron chi connectivity index (χ4n) is 1.65. The molecule has 18 heavy (non-hydrogen) atoms. The highest BCUT2D eigenvalue weighted by Gasteiger charge is 2.15. The normalized spacial score (nSPS) is 12.7. The highest BCUT2D eigenvalue weighted by atomic mass is 16.5. The second-order valence-corrected chi connectivity index (χ2v) is 3.78. The summed E-state index contributed by atoms with van der Waals surface area (Å²) >= 11 is 0. The van der Waals surface area contributed by atoms with E-state index in [9.17, 15) is 0 Å². The fourth-order valence-corrected chi connectivity index (χ4v) is 1.65. The predicted molar refractivity (Wildman–Crippen MR) is 63.7 cm³/mol. The van der Waals surface area contributed by atoms with E-state index in [0.29, 0.717) is 16.9 Å². The molecule has 92 valence electrons. The van der Waals surface area contributed by atoms with E-state index in [4.69, 9.17) is 10.5 Å². The van der Waals surface area contributed by atoms with E-state index in [1.165, 1.54) is 6.33 Å². The van der Waals surface area contributed by atoms with Gasteiger partial charge in [-0.2, -0.15) is 0 Å². The molecule has 3 rings (SSSR count). The first kappa shape index (κ1) is 10.5. The number of H-pyrrole nitrogens is 2. The number of fused-ring (bicyclic) bond motifs is 1. The van der Waals surface area contributed by atoms with Crippen molar-refractivity contribution in [1.29, 1.82) is 0 Å². The molecule has 0 radical (unpaired) electrons. The third-order valence-corrected chi connectivity index (χ3v) is 2.59. The minimum absolute atomic E-state index is 0.225. The molecule has 0 saturated heterocycles. The van der Waals surface area contributed by atoms with Gasteiger partial charge in [0.15, 0.2) is 5.82 Å². The van der Waals surface area contributed by atoms with Crippen LogP contribution in [0.25, 0.3) is 11.0 Å². The summed E-state index contributed by atoms with van der Waals surface area (Å²) in [5.74, 6) is 0.631. The lowest BCUT2D eigenvalue weighted by Gasteiger charge is -2.11. The lowest BCUT2D eigenvalue weighted by Crippen LogP contribution is -2.07. The Bertz CT molecular complexity index is 660. The average Bonchev–Trinajstić information content (AvgIpc) is 3.01. The number of ether oxygens (including phenoxy) is 1. The van der Waals surface area contributed by atoms with Crippen LogP contribution < -0.4 is 10.5 Å². The van der Waals surface area contributed by atoms with Gasteiger partial charge >= 0.3 is 0 Å². The molecule has 3 aromatic rings. The Morgan fingerprint density at radius 3 is 2.94 bits per heavy atom. The van der Waals surface area contributed by atoms with Crippen molar-refractivity contribution in [2.75, 3.05) is 5.73 Å². The fraction of sp³-hybridized carbons (Fsp3) is 0.200. The Balaban J connectivity index is 1.96. The SMILES string of the molecule is CC(Oc1nnc(N)c2nc[nH]c12)c1cnc[nH]1.